The summed E-state index contributed by atoms with van der Waals surface area (Å²) in [4.78, 5) is 11.4. The van der Waals surface area contributed by atoms with Crippen molar-refractivity contribution in [1.29, 1.82) is 5.26 Å². The Labute approximate surface area is 147 Å². The number of fused-ring (bicyclic) bond motifs is 1. The third-order valence-electron chi connectivity index (χ3n) is 5.05. The molecule has 25 heavy (non-hydrogen) atoms. The monoisotopic (exact) mass is 331 g/mol. The van der Waals surface area contributed by atoms with Gasteiger partial charge in [-0.05, 0) is 44.5 Å². The number of imidazole rings is 1. The fourth-order valence-electron chi connectivity index (χ4n) is 3.58. The van der Waals surface area contributed by atoms with E-state index in [9.17, 15) is 0 Å². The molecule has 0 radical (unpaired) electrons. The Morgan fingerprint density at radius 1 is 1.24 bits per heavy atom. The van der Waals surface area contributed by atoms with Gasteiger partial charge in [-0.15, -0.1) is 0 Å². The van der Waals surface area contributed by atoms with Crippen LogP contribution < -0.4 is 0 Å². The van der Waals surface area contributed by atoms with Gasteiger partial charge >= 0.3 is 0 Å². The molecule has 1 saturated heterocycles. The van der Waals surface area contributed by atoms with Gasteiger partial charge in [-0.1, -0.05) is 0 Å². The maximum Gasteiger partial charge on any atom is 0.137 e. The van der Waals surface area contributed by atoms with E-state index in [2.05, 4.69) is 39.7 Å². The summed E-state index contributed by atoms with van der Waals surface area (Å²) in [7, 11) is 0. The van der Waals surface area contributed by atoms with Crippen molar-refractivity contribution in [2.45, 2.75) is 32.2 Å². The van der Waals surface area contributed by atoms with Gasteiger partial charge in [0.25, 0.3) is 0 Å². The third kappa shape index (κ3) is 3.26. The number of rotatable bonds is 4. The first kappa shape index (κ1) is 15.8. The van der Waals surface area contributed by atoms with Gasteiger partial charge < -0.3 is 9.30 Å². The summed E-state index contributed by atoms with van der Waals surface area (Å²) in [6.07, 6.45) is 11.1. The molecule has 1 aliphatic heterocycles. The predicted molar refractivity (Wildman–Crippen MR) is 97.1 cm³/mol. The molecule has 0 aromatic carbocycles. The summed E-state index contributed by atoms with van der Waals surface area (Å²) in [6, 6.07) is 8.76. The molecule has 3 aromatic heterocycles. The standard InChI is InChI=1S/C20H21N5/c1-15-3-2-7-24(15)8-6-19-14-25-13-17(4-5-20(25)23-19)18-9-16(10-21)11-22-12-18/h4-5,9,11-15H,2-3,6-8H2,1H3/t15-/m1/s1. The van der Waals surface area contributed by atoms with Crippen LogP contribution in [0.4, 0.5) is 0 Å². The van der Waals surface area contributed by atoms with Gasteiger partial charge in [0.1, 0.15) is 11.7 Å². The average Bonchev–Trinajstić information content (AvgIpc) is 3.24. The molecule has 0 amide bonds. The van der Waals surface area contributed by atoms with Crippen molar-refractivity contribution in [3.8, 4) is 17.2 Å². The molecular formula is C20H21N5. The van der Waals surface area contributed by atoms with Crippen molar-refractivity contribution in [2.24, 2.45) is 0 Å². The van der Waals surface area contributed by atoms with E-state index in [1.807, 2.05) is 18.2 Å². The smallest absolute Gasteiger partial charge is 0.137 e. The van der Waals surface area contributed by atoms with E-state index in [-0.39, 0.29) is 0 Å². The Bertz CT molecular complexity index is 937. The van der Waals surface area contributed by atoms with Crippen molar-refractivity contribution < 1.29 is 0 Å². The second-order valence-corrected chi connectivity index (χ2v) is 6.77. The topological polar surface area (TPSA) is 57.2 Å². The lowest BCUT2D eigenvalue weighted by Gasteiger charge is -2.19. The van der Waals surface area contributed by atoms with Gasteiger partial charge in [-0.25, -0.2) is 4.98 Å². The molecule has 0 bridgehead atoms. The second kappa shape index (κ2) is 6.66. The Hall–Kier alpha value is -2.71. The van der Waals surface area contributed by atoms with Crippen LogP contribution in [-0.4, -0.2) is 38.4 Å². The van der Waals surface area contributed by atoms with E-state index in [0.717, 1.165) is 35.4 Å². The number of pyridine rings is 2. The van der Waals surface area contributed by atoms with Crippen LogP contribution in [0.3, 0.4) is 0 Å². The minimum Gasteiger partial charge on any atom is -0.306 e. The average molecular weight is 331 g/mol. The quantitative estimate of drug-likeness (QED) is 0.736. The molecule has 4 rings (SSSR count). The summed E-state index contributed by atoms with van der Waals surface area (Å²) >= 11 is 0. The molecule has 0 spiro atoms. The Morgan fingerprint density at radius 3 is 2.96 bits per heavy atom. The third-order valence-corrected chi connectivity index (χ3v) is 5.05. The van der Waals surface area contributed by atoms with E-state index >= 15 is 0 Å². The van der Waals surface area contributed by atoms with E-state index in [4.69, 9.17) is 10.2 Å². The first-order valence-electron chi connectivity index (χ1n) is 8.80. The molecule has 0 saturated carbocycles. The van der Waals surface area contributed by atoms with Crippen LogP contribution in [0, 0.1) is 11.3 Å². The highest BCUT2D eigenvalue weighted by atomic mass is 15.2. The van der Waals surface area contributed by atoms with E-state index in [1.165, 1.54) is 19.4 Å². The normalized spacial score (nSPS) is 17.8. The largest absolute Gasteiger partial charge is 0.306 e. The van der Waals surface area contributed by atoms with Crippen molar-refractivity contribution in [3.63, 3.8) is 0 Å². The van der Waals surface area contributed by atoms with Crippen molar-refractivity contribution in [2.75, 3.05) is 13.1 Å². The SMILES string of the molecule is C[C@@H]1CCCN1CCc1cn2cc(-c3cncc(C#N)c3)ccc2n1. The molecule has 126 valence electrons. The van der Waals surface area contributed by atoms with Crippen LogP contribution in [0.2, 0.25) is 0 Å². The summed E-state index contributed by atoms with van der Waals surface area (Å²) in [6.45, 7) is 4.60. The molecule has 1 aliphatic rings. The molecule has 0 N–H and O–H groups in total. The van der Waals surface area contributed by atoms with Crippen LogP contribution >= 0.6 is 0 Å². The van der Waals surface area contributed by atoms with E-state index in [0.29, 0.717) is 11.6 Å². The zero-order chi connectivity index (χ0) is 17.2. The Balaban J connectivity index is 1.55. The van der Waals surface area contributed by atoms with Crippen molar-refractivity contribution >= 4 is 5.65 Å². The number of hydrogen-bond donors (Lipinski definition) is 0. The van der Waals surface area contributed by atoms with Crippen molar-refractivity contribution in [3.05, 3.63) is 54.2 Å². The summed E-state index contributed by atoms with van der Waals surface area (Å²) in [5, 5.41) is 9.04. The highest BCUT2D eigenvalue weighted by Crippen LogP contribution is 2.21. The van der Waals surface area contributed by atoms with Crippen LogP contribution in [0.25, 0.3) is 16.8 Å². The van der Waals surface area contributed by atoms with Gasteiger partial charge in [-0.3, -0.25) is 4.98 Å². The minimum absolute atomic E-state index is 0.573. The zero-order valence-corrected chi connectivity index (χ0v) is 14.4. The highest BCUT2D eigenvalue weighted by molar-refractivity contribution is 5.65. The highest BCUT2D eigenvalue weighted by Gasteiger charge is 2.19. The fourth-order valence-corrected chi connectivity index (χ4v) is 3.58. The summed E-state index contributed by atoms with van der Waals surface area (Å²) < 4.78 is 2.07. The molecule has 5 nitrogen and oxygen atoms in total. The molecule has 1 fully saturated rings. The molecule has 3 aromatic rings. The van der Waals surface area contributed by atoms with Gasteiger partial charge in [0, 0.05) is 54.9 Å². The van der Waals surface area contributed by atoms with Crippen LogP contribution in [0.15, 0.2) is 43.0 Å². The van der Waals surface area contributed by atoms with Gasteiger partial charge in [-0.2, -0.15) is 5.26 Å². The van der Waals surface area contributed by atoms with Gasteiger partial charge in [0.15, 0.2) is 0 Å². The molecule has 1 atom stereocenters. The first-order chi connectivity index (χ1) is 12.2. The van der Waals surface area contributed by atoms with Crippen LogP contribution in [-0.2, 0) is 6.42 Å². The number of aromatic nitrogens is 3. The predicted octanol–water partition coefficient (Wildman–Crippen LogP) is 3.29. The zero-order valence-electron chi connectivity index (χ0n) is 14.4. The fraction of sp³-hybridized carbons (Fsp3) is 0.350. The summed E-state index contributed by atoms with van der Waals surface area (Å²) in [5.41, 5.74) is 4.64. The molecule has 0 aliphatic carbocycles. The lowest BCUT2D eigenvalue weighted by atomic mass is 10.1. The Morgan fingerprint density at radius 2 is 2.16 bits per heavy atom. The first-order valence-corrected chi connectivity index (χ1v) is 8.80. The number of nitrogens with zero attached hydrogens (tertiary/aromatic N) is 5. The molecular weight excluding hydrogens is 310 g/mol. The van der Waals surface area contributed by atoms with Gasteiger partial charge in [0.05, 0.1) is 11.3 Å². The summed E-state index contributed by atoms with van der Waals surface area (Å²) in [5.74, 6) is 0. The number of nitriles is 1. The Kier molecular flexibility index (Phi) is 4.21. The number of hydrogen-bond acceptors (Lipinski definition) is 4. The van der Waals surface area contributed by atoms with Crippen LogP contribution in [0.5, 0.6) is 0 Å². The lowest BCUT2D eigenvalue weighted by molar-refractivity contribution is 0.271. The van der Waals surface area contributed by atoms with Gasteiger partial charge in [0.2, 0.25) is 0 Å². The second-order valence-electron chi connectivity index (χ2n) is 6.77. The van der Waals surface area contributed by atoms with E-state index in [1.54, 1.807) is 12.4 Å². The lowest BCUT2D eigenvalue weighted by Crippen LogP contribution is -2.29. The minimum atomic E-state index is 0.573. The van der Waals surface area contributed by atoms with Crippen molar-refractivity contribution in [1.82, 2.24) is 19.3 Å². The van der Waals surface area contributed by atoms with Crippen LogP contribution in [0.1, 0.15) is 31.0 Å². The van der Waals surface area contributed by atoms with E-state index < -0.39 is 0 Å². The molecule has 5 heteroatoms. The number of likely N-dealkylation sites (tertiary alicyclic amines) is 1. The maximum absolute atomic E-state index is 9.04. The maximum atomic E-state index is 9.04. The molecule has 0 unspecified atom stereocenters. The molecule has 4 heterocycles.